The summed E-state index contributed by atoms with van der Waals surface area (Å²) in [7, 11) is 4.63. The molecule has 4 amide bonds. The van der Waals surface area contributed by atoms with E-state index in [4.69, 9.17) is 16.4 Å². The van der Waals surface area contributed by atoms with Gasteiger partial charge in [0.2, 0.25) is 0 Å². The maximum absolute atomic E-state index is 12.8. The highest BCUT2D eigenvalue weighted by Gasteiger charge is 2.29. The number of amides is 4. The molecule has 3 rings (SSSR count). The topological polar surface area (TPSA) is 146 Å². The predicted octanol–water partition coefficient (Wildman–Crippen LogP) is 0.474. The minimum atomic E-state index is -1.20. The maximum Gasteiger partial charge on any atom is 0.314 e. The number of likely N-dealkylation sites (N-methyl/N-ethyl adjacent to an activating group) is 2. The van der Waals surface area contributed by atoms with Crippen LogP contribution in [-0.4, -0.2) is 83.9 Å². The molecule has 0 bridgehead atoms. The van der Waals surface area contributed by atoms with Crippen LogP contribution in [0.25, 0.3) is 0 Å². The number of halogens is 2. The van der Waals surface area contributed by atoms with Crippen molar-refractivity contribution in [3.05, 3.63) is 38.9 Å². The Morgan fingerprint density at radius 1 is 1.29 bits per heavy atom. The largest absolute Gasteiger partial charge is 0.345 e. The van der Waals surface area contributed by atoms with E-state index in [9.17, 15) is 19.2 Å². The number of nitrogens with zero attached hydrogens (tertiary/aromatic N) is 4. The summed E-state index contributed by atoms with van der Waals surface area (Å²) < 4.78 is 0. The standard InChI is InChI=1S/C20H24ClN7O5S.ClH/c1-27-7-6-12-14(10-27)34-19(25-12)18(31)24-13(20(32)28(2)33-3)9-23-16(29)17(30)26-15-5-4-11(21)8-22-15;/h4-5,8,13H,6-7,9-10H2,1-3H3,(H,23,29)(H,24,31)(H,22,26,30);1H. The first-order chi connectivity index (χ1) is 16.2. The Labute approximate surface area is 216 Å². The molecule has 190 valence electrons. The fourth-order valence-electron chi connectivity index (χ4n) is 3.05. The summed E-state index contributed by atoms with van der Waals surface area (Å²) in [4.78, 5) is 66.2. The van der Waals surface area contributed by atoms with E-state index >= 15 is 0 Å². The van der Waals surface area contributed by atoms with E-state index in [1.54, 1.807) is 0 Å². The van der Waals surface area contributed by atoms with Gasteiger partial charge in [0.15, 0.2) is 5.01 Å². The molecule has 0 aromatic carbocycles. The van der Waals surface area contributed by atoms with Gasteiger partial charge >= 0.3 is 11.8 Å². The lowest BCUT2D eigenvalue weighted by Gasteiger charge is -2.22. The van der Waals surface area contributed by atoms with Crippen molar-refractivity contribution in [3.8, 4) is 0 Å². The SMILES string of the molecule is CON(C)C(=O)C(CNC(=O)C(=O)Nc1ccc(Cl)cn1)NC(=O)c1nc2c(s1)CN(C)CC2.Cl. The van der Waals surface area contributed by atoms with Crippen molar-refractivity contribution >= 4 is 64.8 Å². The van der Waals surface area contributed by atoms with Crippen molar-refractivity contribution in [2.24, 2.45) is 0 Å². The van der Waals surface area contributed by atoms with Crippen molar-refractivity contribution in [3.63, 3.8) is 0 Å². The fourth-order valence-corrected chi connectivity index (χ4v) is 4.25. The summed E-state index contributed by atoms with van der Waals surface area (Å²) in [5.41, 5.74) is 0.867. The number of rotatable bonds is 7. The van der Waals surface area contributed by atoms with Crippen molar-refractivity contribution < 1.29 is 24.0 Å². The van der Waals surface area contributed by atoms with Gasteiger partial charge in [-0.1, -0.05) is 11.6 Å². The van der Waals surface area contributed by atoms with Crippen LogP contribution >= 0.6 is 35.3 Å². The molecule has 0 spiro atoms. The molecule has 2 aromatic heterocycles. The Balaban J connectivity index is 0.00000432. The van der Waals surface area contributed by atoms with Gasteiger partial charge in [0, 0.05) is 44.2 Å². The van der Waals surface area contributed by atoms with E-state index in [1.165, 1.54) is 43.8 Å². The molecule has 15 heteroatoms. The summed E-state index contributed by atoms with van der Waals surface area (Å²) >= 11 is 7.00. The second-order valence-electron chi connectivity index (χ2n) is 7.45. The van der Waals surface area contributed by atoms with Gasteiger partial charge in [0.25, 0.3) is 11.8 Å². The molecular weight excluding hydrogens is 521 g/mol. The third-order valence-electron chi connectivity index (χ3n) is 4.95. The molecule has 12 nitrogen and oxygen atoms in total. The van der Waals surface area contributed by atoms with Gasteiger partial charge < -0.3 is 20.9 Å². The van der Waals surface area contributed by atoms with E-state index in [2.05, 4.69) is 30.8 Å². The van der Waals surface area contributed by atoms with Crippen molar-refractivity contribution in [1.82, 2.24) is 30.6 Å². The highest BCUT2D eigenvalue weighted by Crippen LogP contribution is 2.24. The number of hydroxylamine groups is 2. The van der Waals surface area contributed by atoms with Crippen LogP contribution in [0.5, 0.6) is 0 Å². The number of hydrogen-bond acceptors (Lipinski definition) is 9. The molecule has 2 aromatic rings. The highest BCUT2D eigenvalue weighted by molar-refractivity contribution is 7.13. The van der Waals surface area contributed by atoms with Gasteiger partial charge in [-0.2, -0.15) is 0 Å². The molecule has 3 N–H and O–H groups in total. The number of carbonyl (C=O) groups excluding carboxylic acids is 4. The Kier molecular flexibility index (Phi) is 10.3. The third kappa shape index (κ3) is 7.57. The van der Waals surface area contributed by atoms with Crippen LogP contribution in [0.3, 0.4) is 0 Å². The van der Waals surface area contributed by atoms with Gasteiger partial charge in [-0.05, 0) is 19.2 Å². The Morgan fingerprint density at radius 2 is 2.03 bits per heavy atom. The van der Waals surface area contributed by atoms with Crippen molar-refractivity contribution in [2.75, 3.05) is 39.6 Å². The highest BCUT2D eigenvalue weighted by atomic mass is 35.5. The monoisotopic (exact) mass is 545 g/mol. The molecule has 3 heterocycles. The molecule has 0 radical (unpaired) electrons. The van der Waals surface area contributed by atoms with Gasteiger partial charge in [-0.15, -0.1) is 23.7 Å². The lowest BCUT2D eigenvalue weighted by molar-refractivity contribution is -0.170. The van der Waals surface area contributed by atoms with Crippen LogP contribution < -0.4 is 16.0 Å². The average Bonchev–Trinajstić information content (AvgIpc) is 3.25. The van der Waals surface area contributed by atoms with Gasteiger partial charge in [-0.25, -0.2) is 15.0 Å². The fraction of sp³-hybridized carbons (Fsp3) is 0.400. The number of carbonyl (C=O) groups is 4. The predicted molar refractivity (Wildman–Crippen MR) is 131 cm³/mol. The maximum atomic E-state index is 12.8. The lowest BCUT2D eigenvalue weighted by atomic mass is 10.2. The number of pyridine rings is 1. The Morgan fingerprint density at radius 3 is 2.69 bits per heavy atom. The zero-order valence-corrected chi connectivity index (χ0v) is 21.6. The van der Waals surface area contributed by atoms with Crippen LogP contribution in [-0.2, 0) is 32.2 Å². The quantitative estimate of drug-likeness (QED) is 0.336. The molecule has 0 aliphatic carbocycles. The molecule has 1 aliphatic heterocycles. The molecule has 0 saturated heterocycles. The minimum Gasteiger partial charge on any atom is -0.345 e. The zero-order chi connectivity index (χ0) is 24.8. The number of thiazole rings is 1. The Bertz CT molecular complexity index is 1080. The van der Waals surface area contributed by atoms with Gasteiger partial charge in [-0.3, -0.25) is 24.0 Å². The van der Waals surface area contributed by atoms with Crippen LogP contribution in [0.1, 0.15) is 20.4 Å². The summed E-state index contributed by atoms with van der Waals surface area (Å²) in [5, 5.41) is 8.72. The van der Waals surface area contributed by atoms with Crippen LogP contribution in [0.15, 0.2) is 18.3 Å². The molecule has 1 aliphatic rings. The summed E-state index contributed by atoms with van der Waals surface area (Å²) in [6.45, 7) is 1.19. The molecule has 1 unspecified atom stereocenters. The molecule has 1 atom stereocenters. The lowest BCUT2D eigenvalue weighted by Crippen LogP contribution is -2.53. The number of hydrogen-bond donors (Lipinski definition) is 3. The van der Waals surface area contributed by atoms with Crippen LogP contribution in [0, 0.1) is 0 Å². The second kappa shape index (κ2) is 12.7. The van der Waals surface area contributed by atoms with Gasteiger partial charge in [0.05, 0.1) is 17.8 Å². The average molecular weight is 546 g/mol. The Hall–Kier alpha value is -2.84. The number of fused-ring (bicyclic) bond motifs is 1. The van der Waals surface area contributed by atoms with Crippen molar-refractivity contribution in [2.45, 2.75) is 19.0 Å². The summed E-state index contributed by atoms with van der Waals surface area (Å²) in [5.74, 6) is -3.07. The molecule has 0 saturated carbocycles. The van der Waals surface area contributed by atoms with E-state index in [0.717, 1.165) is 28.6 Å². The minimum absolute atomic E-state index is 0. The van der Waals surface area contributed by atoms with Crippen LogP contribution in [0.2, 0.25) is 5.02 Å². The van der Waals surface area contributed by atoms with Gasteiger partial charge in [0.1, 0.15) is 11.9 Å². The molecule has 35 heavy (non-hydrogen) atoms. The first kappa shape index (κ1) is 28.4. The normalized spacial score (nSPS) is 13.6. The van der Waals surface area contributed by atoms with E-state index in [1.807, 2.05) is 7.05 Å². The summed E-state index contributed by atoms with van der Waals surface area (Å²) in [6, 6.07) is 1.73. The zero-order valence-electron chi connectivity index (χ0n) is 19.2. The van der Waals surface area contributed by atoms with Crippen LogP contribution in [0.4, 0.5) is 5.82 Å². The first-order valence-electron chi connectivity index (χ1n) is 10.2. The van der Waals surface area contributed by atoms with E-state index < -0.39 is 29.7 Å². The second-order valence-corrected chi connectivity index (χ2v) is 8.97. The number of aromatic nitrogens is 2. The number of nitrogens with one attached hydrogen (secondary N) is 3. The van der Waals surface area contributed by atoms with E-state index in [0.29, 0.717) is 11.6 Å². The smallest absolute Gasteiger partial charge is 0.314 e. The molecular formula is C20H25Cl2N7O5S. The molecule has 0 fully saturated rings. The summed E-state index contributed by atoms with van der Waals surface area (Å²) in [6.07, 6.45) is 2.05. The first-order valence-corrected chi connectivity index (χ1v) is 11.4. The van der Waals surface area contributed by atoms with E-state index in [-0.39, 0.29) is 29.8 Å². The number of anilines is 1. The third-order valence-corrected chi connectivity index (χ3v) is 6.25. The van der Waals surface area contributed by atoms with Crippen molar-refractivity contribution in [1.29, 1.82) is 0 Å².